The first-order chi connectivity index (χ1) is 70.7. The standard InChI is InChI=1S/C93H152N11O44P/c1-57(105)101-81-87(143-66(10)114)84(140-63(7)111)69(51-135-60(4)108)146-90(81)132-43-19-15-27-72(117)94-36-23-39-97-76(121)33-48-129-54-93(104-79(124)31-22-30-75(120)100-42-26-47-139-149(127,128)138-46-18-13-14-32-80(125)126,55-130-49-34-77(122)98-40-24-37-95-73(118)28-16-20-44-133-91-82(102-58(2)106)88(144-67(11)115)85(141-64(8)112)70(147-91)52-136-61(5)109)56-131-50-35-78(123)99-41-25-38-96-74(119)29-17-21-45-134-92-83(103-59(3)107)89(145-68(12)116)86(142-65(9)113)71(148-92)53-137-62(6)110/h69-71,81-92H,13-56H2,1-12H3,(H,94,117)(H,95,118)(H,96,119)(H,97,121)(H,98,122)(H,99,123)(H,100,120)(H,101,105)(H,102,106)(H,103,107)(H,104,124)(H,125,126)(H,127,128)/t69-,70-,71+,81-,82-,83+,84+,85+,86-,87-,88-,89+,90-,91-,92+/m1/s1. The van der Waals surface area contributed by atoms with Crippen LogP contribution in [0.2, 0.25) is 0 Å². The summed E-state index contributed by atoms with van der Waals surface area (Å²) >= 11 is 0. The van der Waals surface area contributed by atoms with Gasteiger partial charge in [0, 0.05) is 207 Å². The molecule has 149 heavy (non-hydrogen) atoms. The van der Waals surface area contributed by atoms with E-state index in [-0.39, 0.29) is 226 Å². The van der Waals surface area contributed by atoms with Crippen LogP contribution in [0.15, 0.2) is 0 Å². The Morgan fingerprint density at radius 1 is 0.275 bits per heavy atom. The van der Waals surface area contributed by atoms with Gasteiger partial charge in [0.25, 0.3) is 0 Å². The van der Waals surface area contributed by atoms with Crippen molar-refractivity contribution in [3.05, 3.63) is 0 Å². The topological polar surface area (TPSA) is 733 Å². The van der Waals surface area contributed by atoms with Crippen molar-refractivity contribution in [2.75, 3.05) is 138 Å². The van der Waals surface area contributed by atoms with E-state index in [1.165, 1.54) is 20.8 Å². The second-order valence-corrected chi connectivity index (χ2v) is 36.4. The number of carboxylic acid groups (broad SMARTS) is 1. The van der Waals surface area contributed by atoms with E-state index in [0.717, 1.165) is 62.3 Å². The number of unbranched alkanes of at least 4 members (excludes halogenated alkanes) is 5. The van der Waals surface area contributed by atoms with E-state index in [2.05, 4.69) is 58.5 Å². The zero-order chi connectivity index (χ0) is 111. The van der Waals surface area contributed by atoms with Gasteiger partial charge in [-0.2, -0.15) is 0 Å². The van der Waals surface area contributed by atoms with Crippen LogP contribution >= 0.6 is 7.82 Å². The van der Waals surface area contributed by atoms with Gasteiger partial charge in [-0.15, -0.1) is 0 Å². The van der Waals surface area contributed by atoms with Gasteiger partial charge in [0.1, 0.15) is 61.8 Å². The molecular formula is C93H152N11O44P. The summed E-state index contributed by atoms with van der Waals surface area (Å²) in [7, 11) is -4.47. The van der Waals surface area contributed by atoms with Gasteiger partial charge in [0.2, 0.25) is 65.0 Å². The van der Waals surface area contributed by atoms with E-state index >= 15 is 0 Å². The first-order valence-corrected chi connectivity index (χ1v) is 51.0. The lowest BCUT2D eigenvalue weighted by molar-refractivity contribution is -0.277. The summed E-state index contributed by atoms with van der Waals surface area (Å²) in [6.07, 6.45) is -13.0. The lowest BCUT2D eigenvalue weighted by Gasteiger charge is -2.44. The van der Waals surface area contributed by atoms with Crippen LogP contribution in [0.3, 0.4) is 0 Å². The Morgan fingerprint density at radius 2 is 0.523 bits per heavy atom. The molecule has 3 aliphatic heterocycles. The molecule has 1 unspecified atom stereocenters. The van der Waals surface area contributed by atoms with E-state index in [1.54, 1.807) is 0 Å². The van der Waals surface area contributed by atoms with Crippen molar-refractivity contribution in [2.24, 2.45) is 0 Å². The number of amides is 11. The molecule has 3 heterocycles. The molecule has 848 valence electrons. The Hall–Kier alpha value is -11.4. The summed E-state index contributed by atoms with van der Waals surface area (Å²) < 4.78 is 125. The van der Waals surface area contributed by atoms with Crippen molar-refractivity contribution in [3.63, 3.8) is 0 Å². The second kappa shape index (κ2) is 74.5. The highest BCUT2D eigenvalue weighted by atomic mass is 31.2. The molecule has 55 nitrogen and oxygen atoms in total. The van der Waals surface area contributed by atoms with Crippen molar-refractivity contribution in [3.8, 4) is 0 Å². The van der Waals surface area contributed by atoms with Gasteiger partial charge in [-0.3, -0.25) is 110 Å². The molecule has 11 amide bonds. The summed E-state index contributed by atoms with van der Waals surface area (Å²) in [4.78, 5) is 273. The van der Waals surface area contributed by atoms with Crippen LogP contribution in [-0.2, 0) is 200 Å². The van der Waals surface area contributed by atoms with Gasteiger partial charge in [-0.05, 0) is 83.5 Å². The lowest BCUT2D eigenvalue weighted by Crippen LogP contribution is -2.66. The normalized spacial score (nSPS) is 20.7. The molecule has 3 fully saturated rings. The van der Waals surface area contributed by atoms with Crippen LogP contribution in [-0.4, -0.2) is 370 Å². The number of hydrogen-bond donors (Lipinski definition) is 13. The predicted molar refractivity (Wildman–Crippen MR) is 510 cm³/mol. The van der Waals surface area contributed by atoms with Gasteiger partial charge in [0.05, 0.1) is 52.9 Å². The zero-order valence-electron chi connectivity index (χ0n) is 86.8. The number of phosphoric acid groups is 1. The zero-order valence-corrected chi connectivity index (χ0v) is 87.7. The molecule has 3 aliphatic rings. The number of aliphatic carboxylic acids is 1. The largest absolute Gasteiger partial charge is 0.481 e. The number of carbonyl (C=O) groups excluding carboxylic acids is 20. The summed E-state index contributed by atoms with van der Waals surface area (Å²) in [5, 5.41) is 38.7. The molecular weight excluding hydrogens is 2010 g/mol. The average Bonchev–Trinajstić information content (AvgIpc) is 0.792. The van der Waals surface area contributed by atoms with E-state index in [1.807, 2.05) is 0 Å². The Labute approximate surface area is 863 Å². The maximum absolute atomic E-state index is 14.1. The third-order valence-electron chi connectivity index (χ3n) is 21.4. The van der Waals surface area contributed by atoms with Crippen LogP contribution in [0.1, 0.15) is 231 Å². The van der Waals surface area contributed by atoms with Crippen LogP contribution in [0.5, 0.6) is 0 Å². The van der Waals surface area contributed by atoms with Gasteiger partial charge >= 0.3 is 67.5 Å². The Bertz CT molecular complexity index is 3960. The monoisotopic (exact) mass is 2160 g/mol. The molecule has 0 aliphatic carbocycles. The third kappa shape index (κ3) is 60.9. The molecule has 56 heteroatoms. The molecule has 16 atom stereocenters. The lowest BCUT2D eigenvalue weighted by atomic mass is 9.96. The van der Waals surface area contributed by atoms with Crippen LogP contribution < -0.4 is 58.5 Å². The number of nitrogens with one attached hydrogen (secondary N) is 11. The van der Waals surface area contributed by atoms with Crippen LogP contribution in [0.4, 0.5) is 0 Å². The Kier molecular flexibility index (Phi) is 65.9. The van der Waals surface area contributed by atoms with Gasteiger partial charge < -0.3 is 154 Å². The number of esters is 9. The summed E-state index contributed by atoms with van der Waals surface area (Å²) in [5.41, 5.74) is -1.65. The first kappa shape index (κ1) is 132. The second-order valence-electron chi connectivity index (χ2n) is 34.9. The molecule has 0 bridgehead atoms. The highest BCUT2D eigenvalue weighted by Gasteiger charge is 2.55. The van der Waals surface area contributed by atoms with Crippen LogP contribution in [0, 0.1) is 0 Å². The fourth-order valence-corrected chi connectivity index (χ4v) is 15.7. The smallest absolute Gasteiger partial charge is 0.472 e. The maximum Gasteiger partial charge on any atom is 0.472 e. The van der Waals surface area contributed by atoms with E-state index in [0.29, 0.717) is 38.5 Å². The van der Waals surface area contributed by atoms with Crippen LogP contribution in [0.25, 0.3) is 0 Å². The molecule has 3 saturated heterocycles. The molecule has 0 aromatic carbocycles. The molecule has 0 spiro atoms. The van der Waals surface area contributed by atoms with Gasteiger partial charge in [-0.1, -0.05) is 6.42 Å². The fraction of sp³-hybridized carbons (Fsp3) is 0.774. The summed E-state index contributed by atoms with van der Waals surface area (Å²) in [5.74, 6) is -13.1. The van der Waals surface area contributed by atoms with E-state index in [4.69, 9.17) is 99.4 Å². The highest BCUT2D eigenvalue weighted by Crippen LogP contribution is 2.43. The van der Waals surface area contributed by atoms with Crippen molar-refractivity contribution in [1.29, 1.82) is 0 Å². The van der Waals surface area contributed by atoms with Gasteiger partial charge in [-0.25, -0.2) is 4.57 Å². The number of phosphoric ester groups is 1. The number of carboxylic acids is 1. The summed E-state index contributed by atoms with van der Waals surface area (Å²) in [6.45, 7) is 10.4. The maximum atomic E-state index is 14.1. The van der Waals surface area contributed by atoms with E-state index < -0.39 is 252 Å². The Morgan fingerprint density at radius 3 is 0.799 bits per heavy atom. The van der Waals surface area contributed by atoms with Crippen molar-refractivity contribution in [2.45, 2.75) is 328 Å². The number of hydrogen-bond acceptors (Lipinski definition) is 42. The third-order valence-corrected chi connectivity index (χ3v) is 22.4. The molecule has 0 aromatic rings. The molecule has 13 N–H and O–H groups in total. The summed E-state index contributed by atoms with van der Waals surface area (Å²) in [6, 6.07) is -3.59. The molecule has 0 aromatic heterocycles. The first-order valence-electron chi connectivity index (χ1n) is 49.5. The highest BCUT2D eigenvalue weighted by molar-refractivity contribution is 7.47. The number of rotatable bonds is 77. The van der Waals surface area contributed by atoms with Gasteiger partial charge in [0.15, 0.2) is 55.5 Å². The quantitative estimate of drug-likeness (QED) is 0.0149. The number of ether oxygens (including phenoxy) is 18. The average molecular weight is 2160 g/mol. The van der Waals surface area contributed by atoms with Crippen molar-refractivity contribution >= 4 is 132 Å². The minimum Gasteiger partial charge on any atom is -0.481 e. The Balaban J connectivity index is 1.73. The molecule has 0 radical (unpaired) electrons. The number of carbonyl (C=O) groups is 21. The minimum atomic E-state index is -4.47. The van der Waals surface area contributed by atoms with Crippen molar-refractivity contribution < 1.29 is 210 Å². The predicted octanol–water partition coefficient (Wildman–Crippen LogP) is -1.09. The minimum absolute atomic E-state index is 0.00572. The van der Waals surface area contributed by atoms with E-state index in [9.17, 15) is 110 Å². The SMILES string of the molecule is CC(=O)N[C@@H]1[C@@H](OCCCCC(=O)NCCCNC(=O)CCOCC(COCCC(=O)NCCCNC(=O)CCCCO[C@@H]2O[C@H](COC(C)=O)[C@H](OC(C)=O)[C@H](OC(C)=O)[C@H]2NC(C)=O)(COCCC(=O)NCCCNC(=O)CCCCO[C@@H]2O[C@H](COC(C)=O)[C@H](OC(C)=O)[C@H](OC(C)=O)[C@H]2NC(C)=O)NC(=O)CCCC(=O)NCCCOP(=O)(O)OCCCCCC(=O)O)O[C@@H](COC(C)=O)[C@@H](OC(C)=O)[C@H]1OC(C)=O. The fourth-order valence-electron chi connectivity index (χ4n) is 14.9. The molecule has 0 saturated carbocycles. The molecule has 3 rings (SSSR count). The van der Waals surface area contributed by atoms with Crippen molar-refractivity contribution in [1.82, 2.24) is 58.5 Å².